The number of rotatable bonds is 2. The van der Waals surface area contributed by atoms with E-state index in [4.69, 9.17) is 0 Å². The molecule has 0 radical (unpaired) electrons. The lowest BCUT2D eigenvalue weighted by atomic mass is 10.1. The average molecular weight is 231 g/mol. The molecule has 0 unspecified atom stereocenters. The first-order valence-corrected chi connectivity index (χ1v) is 5.81. The van der Waals surface area contributed by atoms with Gasteiger partial charge >= 0.3 is 0 Å². The molecule has 4 heteroatoms. The number of benzene rings is 1. The summed E-state index contributed by atoms with van der Waals surface area (Å²) in [7, 11) is 0. The van der Waals surface area contributed by atoms with Gasteiger partial charge in [-0.15, -0.1) is 0 Å². The van der Waals surface area contributed by atoms with Crippen LogP contribution in [0.2, 0.25) is 0 Å². The fourth-order valence-electron chi connectivity index (χ4n) is 2.24. The number of fused-ring (bicyclic) bond motifs is 1. The topological polar surface area (TPSA) is 29.9 Å². The van der Waals surface area contributed by atoms with Gasteiger partial charge in [-0.25, -0.2) is 9.37 Å². The third-order valence-electron chi connectivity index (χ3n) is 3.16. The number of halogens is 1. The van der Waals surface area contributed by atoms with Gasteiger partial charge in [-0.1, -0.05) is 18.2 Å². The van der Waals surface area contributed by atoms with Crippen LogP contribution in [-0.2, 0) is 19.5 Å². The van der Waals surface area contributed by atoms with Gasteiger partial charge in [0.2, 0.25) is 0 Å². The molecule has 17 heavy (non-hydrogen) atoms. The predicted molar refractivity (Wildman–Crippen MR) is 63.1 cm³/mol. The fourth-order valence-corrected chi connectivity index (χ4v) is 2.24. The maximum Gasteiger partial charge on any atom is 0.128 e. The van der Waals surface area contributed by atoms with Crippen LogP contribution >= 0.6 is 0 Å². The van der Waals surface area contributed by atoms with E-state index in [0.29, 0.717) is 12.1 Å². The van der Waals surface area contributed by atoms with E-state index in [1.165, 1.54) is 11.8 Å². The molecule has 1 aliphatic heterocycles. The van der Waals surface area contributed by atoms with Crippen LogP contribution in [0.25, 0.3) is 0 Å². The van der Waals surface area contributed by atoms with Gasteiger partial charge in [0.1, 0.15) is 5.82 Å². The Morgan fingerprint density at radius 1 is 1.35 bits per heavy atom. The normalized spacial score (nSPS) is 14.6. The fraction of sp³-hybridized carbons (Fsp3) is 0.308. The van der Waals surface area contributed by atoms with Crippen LogP contribution in [0.1, 0.15) is 17.0 Å². The Kier molecular flexibility index (Phi) is 2.65. The van der Waals surface area contributed by atoms with E-state index in [1.807, 2.05) is 18.5 Å². The number of imidazole rings is 1. The second-order valence-electron chi connectivity index (χ2n) is 4.28. The Bertz CT molecular complexity index is 533. The minimum atomic E-state index is -0.149. The Morgan fingerprint density at radius 3 is 3.12 bits per heavy atom. The van der Waals surface area contributed by atoms with Crippen molar-refractivity contribution >= 4 is 0 Å². The minimum absolute atomic E-state index is 0.149. The smallest absolute Gasteiger partial charge is 0.128 e. The van der Waals surface area contributed by atoms with Gasteiger partial charge in [0, 0.05) is 30.8 Å². The second-order valence-corrected chi connectivity index (χ2v) is 4.28. The molecule has 3 rings (SSSR count). The molecule has 0 aliphatic carbocycles. The van der Waals surface area contributed by atoms with E-state index < -0.39 is 0 Å². The van der Waals surface area contributed by atoms with Crippen LogP contribution < -0.4 is 5.32 Å². The lowest BCUT2D eigenvalue weighted by molar-refractivity contribution is 0.579. The number of hydrogen-bond donors (Lipinski definition) is 1. The quantitative estimate of drug-likeness (QED) is 0.852. The van der Waals surface area contributed by atoms with Crippen LogP contribution in [0.5, 0.6) is 0 Å². The molecule has 1 aromatic heterocycles. The van der Waals surface area contributed by atoms with Crippen molar-refractivity contribution in [1.29, 1.82) is 0 Å². The Hall–Kier alpha value is -1.68. The Labute approximate surface area is 99.3 Å². The first-order valence-electron chi connectivity index (χ1n) is 5.81. The zero-order chi connectivity index (χ0) is 11.7. The number of nitrogens with one attached hydrogen (secondary N) is 1. The van der Waals surface area contributed by atoms with Crippen LogP contribution in [0, 0.1) is 5.82 Å². The average Bonchev–Trinajstić information content (AvgIpc) is 2.76. The van der Waals surface area contributed by atoms with Gasteiger partial charge in [0.05, 0.1) is 18.6 Å². The standard InChI is InChI=1S/C13H14FN3/c14-11-4-2-1-3-10(11)8-17-9-16-12-7-15-6-5-13(12)17/h1-4,9,15H,5-8H2. The first kappa shape index (κ1) is 10.5. The highest BCUT2D eigenvalue weighted by atomic mass is 19.1. The summed E-state index contributed by atoms with van der Waals surface area (Å²) in [6.07, 6.45) is 2.77. The van der Waals surface area contributed by atoms with Gasteiger partial charge in [0.25, 0.3) is 0 Å². The summed E-state index contributed by atoms with van der Waals surface area (Å²) >= 11 is 0. The molecule has 1 N–H and O–H groups in total. The predicted octanol–water partition coefficient (Wildman–Crippen LogP) is 1.72. The molecule has 0 spiro atoms. The van der Waals surface area contributed by atoms with Crippen molar-refractivity contribution < 1.29 is 4.39 Å². The third-order valence-corrected chi connectivity index (χ3v) is 3.16. The third kappa shape index (κ3) is 1.96. The van der Waals surface area contributed by atoms with Gasteiger partial charge in [0.15, 0.2) is 0 Å². The molecule has 2 heterocycles. The Balaban J connectivity index is 1.91. The van der Waals surface area contributed by atoms with E-state index in [9.17, 15) is 4.39 Å². The van der Waals surface area contributed by atoms with E-state index in [1.54, 1.807) is 6.07 Å². The van der Waals surface area contributed by atoms with E-state index in [0.717, 1.165) is 25.2 Å². The van der Waals surface area contributed by atoms with Crippen LogP contribution in [-0.4, -0.2) is 16.1 Å². The molecular formula is C13H14FN3. The summed E-state index contributed by atoms with van der Waals surface area (Å²) < 4.78 is 15.6. The molecule has 0 saturated carbocycles. The number of hydrogen-bond acceptors (Lipinski definition) is 2. The number of aromatic nitrogens is 2. The van der Waals surface area contributed by atoms with E-state index in [2.05, 4.69) is 14.9 Å². The summed E-state index contributed by atoms with van der Waals surface area (Å²) in [5, 5.41) is 3.28. The lowest BCUT2D eigenvalue weighted by Crippen LogP contribution is -2.25. The highest BCUT2D eigenvalue weighted by Crippen LogP contribution is 2.15. The van der Waals surface area contributed by atoms with Crippen molar-refractivity contribution in [1.82, 2.24) is 14.9 Å². The largest absolute Gasteiger partial charge is 0.330 e. The van der Waals surface area contributed by atoms with Crippen LogP contribution in [0.15, 0.2) is 30.6 Å². The zero-order valence-electron chi connectivity index (χ0n) is 9.49. The summed E-state index contributed by atoms with van der Waals surface area (Å²) in [6.45, 7) is 2.35. The maximum absolute atomic E-state index is 13.6. The Morgan fingerprint density at radius 2 is 2.24 bits per heavy atom. The van der Waals surface area contributed by atoms with E-state index in [-0.39, 0.29) is 5.82 Å². The van der Waals surface area contributed by atoms with Crippen molar-refractivity contribution in [2.45, 2.75) is 19.5 Å². The SMILES string of the molecule is Fc1ccccc1Cn1cnc2c1CCNC2. The molecule has 0 saturated heterocycles. The first-order chi connectivity index (χ1) is 8.34. The molecule has 3 nitrogen and oxygen atoms in total. The monoisotopic (exact) mass is 231 g/mol. The zero-order valence-corrected chi connectivity index (χ0v) is 9.49. The lowest BCUT2D eigenvalue weighted by Gasteiger charge is -2.15. The van der Waals surface area contributed by atoms with Gasteiger partial charge in [-0.05, 0) is 6.07 Å². The summed E-state index contributed by atoms with van der Waals surface area (Å²) in [5.41, 5.74) is 3.03. The van der Waals surface area contributed by atoms with Crippen molar-refractivity contribution in [3.8, 4) is 0 Å². The van der Waals surface area contributed by atoms with Crippen molar-refractivity contribution in [3.05, 3.63) is 53.4 Å². The highest BCUT2D eigenvalue weighted by Gasteiger charge is 2.15. The summed E-state index contributed by atoms with van der Waals surface area (Å²) in [6, 6.07) is 6.90. The van der Waals surface area contributed by atoms with Gasteiger partial charge < -0.3 is 9.88 Å². The van der Waals surface area contributed by atoms with E-state index >= 15 is 0 Å². The van der Waals surface area contributed by atoms with Gasteiger partial charge in [-0.2, -0.15) is 0 Å². The highest BCUT2D eigenvalue weighted by molar-refractivity contribution is 5.21. The van der Waals surface area contributed by atoms with Crippen molar-refractivity contribution in [2.75, 3.05) is 6.54 Å². The molecule has 1 aromatic carbocycles. The molecular weight excluding hydrogens is 217 g/mol. The summed E-state index contributed by atoms with van der Waals surface area (Å²) in [4.78, 5) is 4.36. The molecule has 0 atom stereocenters. The maximum atomic E-state index is 13.6. The van der Waals surface area contributed by atoms with Crippen molar-refractivity contribution in [2.24, 2.45) is 0 Å². The molecule has 1 aliphatic rings. The molecule has 2 aromatic rings. The van der Waals surface area contributed by atoms with Crippen molar-refractivity contribution in [3.63, 3.8) is 0 Å². The molecule has 0 amide bonds. The van der Waals surface area contributed by atoms with Crippen LogP contribution in [0.3, 0.4) is 0 Å². The molecule has 0 fully saturated rings. The minimum Gasteiger partial charge on any atom is -0.330 e. The molecule has 88 valence electrons. The second kappa shape index (κ2) is 4.30. The number of nitrogens with zero attached hydrogens (tertiary/aromatic N) is 2. The summed E-state index contributed by atoms with van der Waals surface area (Å²) in [5.74, 6) is -0.149. The molecule has 0 bridgehead atoms. The van der Waals surface area contributed by atoms with Crippen LogP contribution in [0.4, 0.5) is 4.39 Å². The van der Waals surface area contributed by atoms with Gasteiger partial charge in [-0.3, -0.25) is 0 Å².